The molecule has 6 heteroatoms. The molecule has 0 aromatic heterocycles. The van der Waals surface area contributed by atoms with Crippen LogP contribution in [0.5, 0.6) is 23.0 Å². The summed E-state index contributed by atoms with van der Waals surface area (Å²) in [7, 11) is -0.388. The van der Waals surface area contributed by atoms with Gasteiger partial charge in [0.2, 0.25) is 0 Å². The van der Waals surface area contributed by atoms with Crippen LogP contribution in [0.4, 0.5) is 0 Å². The predicted molar refractivity (Wildman–Crippen MR) is 395 cm³/mol. The molecule has 0 atom stereocenters. The lowest BCUT2D eigenvalue weighted by Gasteiger charge is -2.35. The third-order valence-corrected chi connectivity index (χ3v) is 21.6. The summed E-state index contributed by atoms with van der Waals surface area (Å²) in [5.74, 6) is 3.89. The largest absolute Gasteiger partial charge is 0.494 e. The van der Waals surface area contributed by atoms with Gasteiger partial charge < -0.3 is 18.8 Å². The third kappa shape index (κ3) is 10.3. The first-order chi connectivity index (χ1) is 45.1. The lowest BCUT2D eigenvalue weighted by Crippen LogP contribution is -2.41. The van der Waals surface area contributed by atoms with E-state index >= 15 is 0 Å². The van der Waals surface area contributed by atoms with Crippen molar-refractivity contribution in [2.45, 2.75) is 105 Å². The van der Waals surface area contributed by atoms with Crippen molar-refractivity contribution in [3.63, 3.8) is 0 Å². The molecule has 462 valence electrons. The van der Waals surface area contributed by atoms with Gasteiger partial charge in [0.25, 0.3) is 0 Å². The quantitative estimate of drug-likeness (QED) is 0.162. The number of fused-ring (bicyclic) bond motifs is 20. The summed E-state index contributed by atoms with van der Waals surface area (Å²) >= 11 is 3.62. The van der Waals surface area contributed by atoms with Crippen LogP contribution >= 0.6 is 15.9 Å². The van der Waals surface area contributed by atoms with Crippen LogP contribution < -0.4 is 14.9 Å². The van der Waals surface area contributed by atoms with Crippen molar-refractivity contribution >= 4 is 28.5 Å². The minimum Gasteiger partial charge on any atom is -0.457 e. The van der Waals surface area contributed by atoms with E-state index in [2.05, 4.69) is 342 Å². The maximum absolute atomic E-state index is 6.51. The van der Waals surface area contributed by atoms with Crippen molar-refractivity contribution in [2.75, 3.05) is 0 Å². The molecule has 5 aliphatic rings. The lowest BCUT2D eigenvalue weighted by molar-refractivity contribution is 0.00578. The highest BCUT2D eigenvalue weighted by Gasteiger charge is 2.52. The number of aryl methyl sites for hydroxylation is 4. The van der Waals surface area contributed by atoms with Gasteiger partial charge in [0, 0.05) is 37.6 Å². The molecule has 0 N–H and O–H groups in total. The highest BCUT2D eigenvalue weighted by molar-refractivity contribution is 9.10. The van der Waals surface area contributed by atoms with Crippen LogP contribution in [0.1, 0.15) is 99.9 Å². The molecule has 0 saturated carbocycles. The Labute approximate surface area is 563 Å². The Morgan fingerprint density at radius 3 is 0.989 bits per heavy atom. The monoisotopic (exact) mass is 1290 g/mol. The second kappa shape index (κ2) is 23.0. The maximum Gasteiger partial charge on any atom is 0.494 e. The highest BCUT2D eigenvalue weighted by atomic mass is 79.9. The minimum absolute atomic E-state index is 0.0349. The molecule has 12 aromatic rings. The molecule has 2 aliphatic carbocycles. The summed E-state index contributed by atoms with van der Waals surface area (Å²) in [6.07, 6.45) is 0. The lowest BCUT2D eigenvalue weighted by atomic mass is 9.74. The Hall–Kier alpha value is -9.30. The van der Waals surface area contributed by atoms with E-state index in [1.54, 1.807) is 0 Å². The van der Waals surface area contributed by atoms with Gasteiger partial charge in [-0.25, -0.2) is 0 Å². The number of hydrogen-bond acceptors (Lipinski definition) is 4. The first kappa shape index (κ1) is 60.9. The van der Waals surface area contributed by atoms with Crippen LogP contribution in [0.3, 0.4) is 0 Å². The number of benzene rings is 12. The van der Waals surface area contributed by atoms with Crippen LogP contribution in [0.15, 0.2) is 247 Å². The zero-order chi connectivity index (χ0) is 65.2. The highest BCUT2D eigenvalue weighted by Crippen LogP contribution is 2.54. The van der Waals surface area contributed by atoms with Gasteiger partial charge >= 0.3 is 7.12 Å². The van der Waals surface area contributed by atoms with Crippen molar-refractivity contribution in [1.82, 2.24) is 0 Å². The van der Waals surface area contributed by atoms with Gasteiger partial charge in [-0.3, -0.25) is 0 Å². The SMILES string of the molecule is CC1(C)OB(c2ccc3c(c2)-c2ccccc2-c2ccccc2-c2ccccc2-3)OC1(C)C.Cc1ccc2c(c1)Oc1cc(C)c(-c3ccc4c(c3)-c3ccccc3-c3ccccc3-c3ccccc3-4)cc1C2(C)C.Cc1ccc2c(c1)Oc1cc(C)c(Br)cc1C2(C)C. The van der Waals surface area contributed by atoms with Crippen LogP contribution in [0.2, 0.25) is 0 Å². The van der Waals surface area contributed by atoms with E-state index in [1.165, 1.54) is 145 Å². The Balaban J connectivity index is 0.000000125. The average molecular weight is 1290 g/mol. The van der Waals surface area contributed by atoms with E-state index in [1.807, 2.05) is 0 Å². The first-order valence-corrected chi connectivity index (χ1v) is 33.7. The summed E-state index contributed by atoms with van der Waals surface area (Å²) in [4.78, 5) is 0. The standard InChI is InChI=1S/C41H32O.C30H27BO2.C17H17BrO/c1-25-17-20-37-39(21-25)42-40-22-26(2)35(24-38(40)41(37,3)4)27-18-19-34-32-15-8-7-13-30(32)28-11-5-6-12-29(28)31-14-9-10-16-33(31)36(34)23-27;1-29(2)30(3,4)33-31(32-29)20-17-18-27-25-15-8-7-13-23(25)21-11-5-6-12-22(21)24-14-9-10-16-26(24)28(27)19-20;1-10-5-6-12-15(7-10)19-16-8-11(2)14(18)9-13(16)17(12,3)4/h5-24H,1-4H3;5-19H,1-4H3;5-9H,1-4H3. The normalized spacial score (nSPS) is 15.3. The molecule has 4 nitrogen and oxygen atoms in total. The molecule has 12 aromatic carbocycles. The van der Waals surface area contributed by atoms with E-state index in [-0.39, 0.29) is 29.2 Å². The molecule has 1 saturated heterocycles. The Morgan fingerprint density at radius 2 is 0.596 bits per heavy atom. The summed E-state index contributed by atoms with van der Waals surface area (Å²) < 4.78 is 26.5. The number of ether oxygens (including phenoxy) is 2. The van der Waals surface area contributed by atoms with Crippen LogP contribution in [-0.4, -0.2) is 18.3 Å². The zero-order valence-electron chi connectivity index (χ0n) is 55.7. The number of rotatable bonds is 2. The van der Waals surface area contributed by atoms with Gasteiger partial charge in [0.05, 0.1) is 11.2 Å². The van der Waals surface area contributed by atoms with Crippen molar-refractivity contribution in [3.8, 4) is 123 Å². The van der Waals surface area contributed by atoms with E-state index in [0.29, 0.717) is 0 Å². The topological polar surface area (TPSA) is 36.9 Å². The molecular weight excluding hydrogens is 1210 g/mol. The zero-order valence-corrected chi connectivity index (χ0v) is 57.3. The van der Waals surface area contributed by atoms with Gasteiger partial charge in [-0.05, 0) is 226 Å². The van der Waals surface area contributed by atoms with Gasteiger partial charge in [-0.2, -0.15) is 0 Å². The summed E-state index contributed by atoms with van der Waals surface area (Å²) in [5.41, 5.74) is 32.5. The molecule has 3 heterocycles. The maximum atomic E-state index is 6.51. The smallest absolute Gasteiger partial charge is 0.457 e. The fraction of sp³-hybridized carbons (Fsp3) is 0.182. The second-order valence-corrected chi connectivity index (χ2v) is 29.0. The van der Waals surface area contributed by atoms with E-state index in [9.17, 15) is 0 Å². The Morgan fingerprint density at radius 1 is 0.277 bits per heavy atom. The predicted octanol–water partition coefficient (Wildman–Crippen LogP) is 23.8. The van der Waals surface area contributed by atoms with Gasteiger partial charge in [-0.1, -0.05) is 244 Å². The molecule has 94 heavy (non-hydrogen) atoms. The molecule has 17 rings (SSSR count). The van der Waals surface area contributed by atoms with E-state index in [0.717, 1.165) is 32.9 Å². The van der Waals surface area contributed by atoms with Crippen molar-refractivity contribution < 1.29 is 18.8 Å². The van der Waals surface area contributed by atoms with Crippen molar-refractivity contribution in [1.29, 1.82) is 0 Å². The van der Waals surface area contributed by atoms with Gasteiger partial charge in [0.15, 0.2) is 0 Å². The number of hydrogen-bond donors (Lipinski definition) is 0. The molecule has 0 bridgehead atoms. The summed E-state index contributed by atoms with van der Waals surface area (Å²) in [5, 5.41) is 0. The molecule has 1 fully saturated rings. The molecule has 0 spiro atoms. The molecule has 0 amide bonds. The van der Waals surface area contributed by atoms with Crippen LogP contribution in [-0.2, 0) is 20.1 Å². The number of halogens is 1. The third-order valence-electron chi connectivity index (χ3n) is 20.8. The fourth-order valence-electron chi connectivity index (χ4n) is 14.8. The van der Waals surface area contributed by atoms with Crippen LogP contribution in [0, 0.1) is 27.7 Å². The molecule has 0 radical (unpaired) electrons. The van der Waals surface area contributed by atoms with Crippen molar-refractivity contribution in [3.05, 3.63) is 292 Å². The summed E-state index contributed by atoms with van der Waals surface area (Å²) in [6.45, 7) is 26.0. The van der Waals surface area contributed by atoms with Crippen LogP contribution in [0.25, 0.3) is 100 Å². The minimum atomic E-state index is -0.388. The van der Waals surface area contributed by atoms with Gasteiger partial charge in [-0.15, -0.1) is 0 Å². The molecular formula is C88H76BBrO4. The average Bonchev–Trinajstić information content (AvgIpc) is 0.906. The van der Waals surface area contributed by atoms with E-state index in [4.69, 9.17) is 18.8 Å². The van der Waals surface area contributed by atoms with Crippen molar-refractivity contribution in [2.24, 2.45) is 0 Å². The Kier molecular flexibility index (Phi) is 14.9. The van der Waals surface area contributed by atoms with Gasteiger partial charge in [0.1, 0.15) is 23.0 Å². The van der Waals surface area contributed by atoms with E-state index < -0.39 is 0 Å². The first-order valence-electron chi connectivity index (χ1n) is 32.9. The molecule has 3 aliphatic heterocycles. The summed E-state index contributed by atoms with van der Waals surface area (Å²) in [6, 6.07) is 88.3. The second-order valence-electron chi connectivity index (χ2n) is 28.1. The fourth-order valence-corrected chi connectivity index (χ4v) is 15.2. The molecule has 0 unspecified atom stereocenters. The Bertz CT molecular complexity index is 5040.